The lowest BCUT2D eigenvalue weighted by atomic mass is 10.2. The maximum Gasteiger partial charge on any atom is 0.349 e. The van der Waals surface area contributed by atoms with Gasteiger partial charge in [0.2, 0.25) is 0 Å². The van der Waals surface area contributed by atoms with Gasteiger partial charge in [0.25, 0.3) is 5.56 Å². The fourth-order valence-electron chi connectivity index (χ4n) is 1.63. The van der Waals surface area contributed by atoms with Crippen LogP contribution in [-0.2, 0) is 0 Å². The van der Waals surface area contributed by atoms with E-state index in [1.54, 1.807) is 18.2 Å². The van der Waals surface area contributed by atoms with E-state index in [-0.39, 0.29) is 0 Å². The van der Waals surface area contributed by atoms with E-state index in [1.807, 2.05) is 6.07 Å². The van der Waals surface area contributed by atoms with E-state index in [2.05, 4.69) is 9.97 Å². The molecule has 17 heavy (non-hydrogen) atoms. The topological polar surface area (TPSA) is 62.8 Å². The summed E-state index contributed by atoms with van der Waals surface area (Å²) in [5, 5.41) is 1.91. The summed E-state index contributed by atoms with van der Waals surface area (Å²) in [5.41, 5.74) is -0.630. The maximum absolute atomic E-state index is 11.6. The number of fused-ring (bicyclic) bond motifs is 2. The molecule has 4 nitrogen and oxygen atoms in total. The van der Waals surface area contributed by atoms with E-state index < -0.39 is 11.2 Å². The van der Waals surface area contributed by atoms with Gasteiger partial charge in [-0.05, 0) is 29.7 Å². The predicted molar refractivity (Wildman–Crippen MR) is 68.1 cm³/mol. The van der Waals surface area contributed by atoms with Gasteiger partial charge in [-0.15, -0.1) is 11.3 Å². The van der Waals surface area contributed by atoms with Crippen LogP contribution in [0, 0.1) is 0 Å². The van der Waals surface area contributed by atoms with Gasteiger partial charge in [-0.2, -0.15) is 4.98 Å². The van der Waals surface area contributed by atoms with Crippen molar-refractivity contribution in [3.63, 3.8) is 0 Å². The summed E-state index contributed by atoms with van der Waals surface area (Å²) < 4.78 is 0.930. The van der Waals surface area contributed by atoms with Gasteiger partial charge in [0.05, 0.1) is 5.56 Å². The number of hydrogen-bond donors (Lipinski definition) is 1. The Bertz CT molecular complexity index is 809. The minimum absolute atomic E-state index is 0.407. The van der Waals surface area contributed by atoms with E-state index in [4.69, 9.17) is 11.6 Å². The van der Waals surface area contributed by atoms with Crippen LogP contribution in [0.5, 0.6) is 0 Å². The molecule has 0 saturated heterocycles. The molecule has 0 unspecified atom stereocenters. The molecule has 2 aliphatic rings. The Kier molecular flexibility index (Phi) is 2.24. The molecule has 1 N–H and O–H groups in total. The summed E-state index contributed by atoms with van der Waals surface area (Å²) in [5.74, 6) is 0. The Labute approximate surface area is 104 Å². The standard InChI is InChI=1S/C11H5ClN2O2S/c12-6-1-2-8-5(3-6)4-7-9(15)13-11(16)14-10(7)17-8/h1-4H,(H,13,15,16). The van der Waals surface area contributed by atoms with E-state index in [9.17, 15) is 9.59 Å². The van der Waals surface area contributed by atoms with Crippen molar-refractivity contribution < 1.29 is 0 Å². The summed E-state index contributed by atoms with van der Waals surface area (Å²) in [4.78, 5) is 28.6. The summed E-state index contributed by atoms with van der Waals surface area (Å²) in [7, 11) is 0. The number of rotatable bonds is 0. The van der Waals surface area contributed by atoms with Crippen LogP contribution < -0.4 is 11.2 Å². The van der Waals surface area contributed by atoms with Gasteiger partial charge in [0.1, 0.15) is 5.01 Å². The third kappa shape index (κ3) is 1.73. The fraction of sp³-hybridized carbons (Fsp3) is 0. The highest BCUT2D eigenvalue weighted by Crippen LogP contribution is 2.30. The number of H-pyrrole nitrogens is 1. The van der Waals surface area contributed by atoms with Crippen molar-refractivity contribution >= 4 is 33.0 Å². The first-order valence-corrected chi connectivity index (χ1v) is 5.96. The molecule has 0 fully saturated rings. The Morgan fingerprint density at radius 1 is 1.24 bits per heavy atom. The van der Waals surface area contributed by atoms with Gasteiger partial charge in [0.15, 0.2) is 0 Å². The van der Waals surface area contributed by atoms with Gasteiger partial charge in [-0.25, -0.2) is 4.79 Å². The molecule has 84 valence electrons. The van der Waals surface area contributed by atoms with Gasteiger partial charge < -0.3 is 0 Å². The second-order valence-corrected chi connectivity index (χ2v) is 4.99. The first-order valence-electron chi connectivity index (χ1n) is 4.77. The highest BCUT2D eigenvalue weighted by Gasteiger charge is 2.11. The average Bonchev–Trinajstić information content (AvgIpc) is 2.27. The van der Waals surface area contributed by atoms with Crippen molar-refractivity contribution in [2.45, 2.75) is 0 Å². The zero-order valence-corrected chi connectivity index (χ0v) is 9.93. The Hall–Kier alpha value is -1.72. The molecule has 6 heteroatoms. The predicted octanol–water partition coefficient (Wildman–Crippen LogP) is 2.10. The van der Waals surface area contributed by atoms with E-state index >= 15 is 0 Å². The highest BCUT2D eigenvalue weighted by molar-refractivity contribution is 7.21. The fourth-order valence-corrected chi connectivity index (χ4v) is 2.78. The summed E-state index contributed by atoms with van der Waals surface area (Å²) >= 11 is 7.19. The number of nitrogens with one attached hydrogen (secondary N) is 1. The molecule has 0 aromatic heterocycles. The first kappa shape index (κ1) is 10.4. The molecule has 0 aliphatic carbocycles. The normalized spacial score (nSPS) is 11.1. The van der Waals surface area contributed by atoms with Crippen LogP contribution in [0.2, 0.25) is 5.02 Å². The van der Waals surface area contributed by atoms with Crippen LogP contribution in [0.4, 0.5) is 0 Å². The smallest absolute Gasteiger partial charge is 0.272 e. The van der Waals surface area contributed by atoms with Crippen molar-refractivity contribution in [2.24, 2.45) is 0 Å². The molecular formula is C11H5ClN2O2S. The Balaban J connectivity index is 2.53. The van der Waals surface area contributed by atoms with Crippen LogP contribution in [-0.4, -0.2) is 9.97 Å². The van der Waals surface area contributed by atoms with E-state index in [0.29, 0.717) is 15.6 Å². The minimum Gasteiger partial charge on any atom is -0.272 e. The molecule has 0 radical (unpaired) electrons. The molecule has 2 aliphatic heterocycles. The second-order valence-electron chi connectivity index (χ2n) is 3.52. The number of aromatic amines is 1. The summed E-state index contributed by atoms with van der Waals surface area (Å²) in [6.45, 7) is 0. The van der Waals surface area contributed by atoms with Gasteiger partial charge in [-0.3, -0.25) is 9.78 Å². The van der Waals surface area contributed by atoms with Crippen LogP contribution in [0.15, 0.2) is 33.9 Å². The molecule has 1 aromatic rings. The third-order valence-electron chi connectivity index (χ3n) is 2.38. The monoisotopic (exact) mass is 264 g/mol. The molecule has 0 bridgehead atoms. The van der Waals surface area contributed by atoms with Crippen molar-refractivity contribution in [3.05, 3.63) is 50.1 Å². The van der Waals surface area contributed by atoms with Gasteiger partial charge in [0, 0.05) is 9.72 Å². The lowest BCUT2D eigenvalue weighted by Crippen LogP contribution is -2.24. The number of nitrogens with zero attached hydrogens (tertiary/aromatic N) is 1. The molecular weight excluding hydrogens is 260 g/mol. The largest absolute Gasteiger partial charge is 0.349 e. The third-order valence-corrected chi connectivity index (χ3v) is 3.71. The molecule has 0 amide bonds. The van der Waals surface area contributed by atoms with Gasteiger partial charge >= 0.3 is 5.69 Å². The van der Waals surface area contributed by atoms with Crippen molar-refractivity contribution in [2.75, 3.05) is 0 Å². The number of aromatic nitrogens is 2. The molecule has 2 heterocycles. The zero-order valence-electron chi connectivity index (χ0n) is 8.36. The van der Waals surface area contributed by atoms with Crippen molar-refractivity contribution in [1.29, 1.82) is 0 Å². The zero-order chi connectivity index (χ0) is 12.0. The number of benzene rings is 1. The molecule has 0 atom stereocenters. The summed E-state index contributed by atoms with van der Waals surface area (Å²) in [6, 6.07) is 7.07. The van der Waals surface area contributed by atoms with Crippen LogP contribution in [0.25, 0.3) is 20.7 Å². The van der Waals surface area contributed by atoms with Crippen LogP contribution >= 0.6 is 22.9 Å². The minimum atomic E-state index is -0.618. The Morgan fingerprint density at radius 3 is 2.88 bits per heavy atom. The van der Waals surface area contributed by atoms with Crippen molar-refractivity contribution in [3.8, 4) is 10.6 Å². The van der Waals surface area contributed by atoms with E-state index in [0.717, 1.165) is 10.1 Å². The van der Waals surface area contributed by atoms with Crippen LogP contribution in [0.1, 0.15) is 0 Å². The average molecular weight is 265 g/mol. The molecule has 1 aromatic carbocycles. The second kappa shape index (κ2) is 3.65. The SMILES string of the molecule is O=c1nc2sc3ccc(Cl)cc3cc-2c(=O)[nH]1. The Morgan fingerprint density at radius 2 is 2.06 bits per heavy atom. The van der Waals surface area contributed by atoms with Crippen LogP contribution in [0.3, 0.4) is 0 Å². The highest BCUT2D eigenvalue weighted by atomic mass is 35.5. The van der Waals surface area contributed by atoms with Gasteiger partial charge in [-0.1, -0.05) is 11.6 Å². The van der Waals surface area contributed by atoms with E-state index in [1.165, 1.54) is 11.3 Å². The van der Waals surface area contributed by atoms with Crippen molar-refractivity contribution in [1.82, 2.24) is 9.97 Å². The lowest BCUT2D eigenvalue weighted by molar-refractivity contribution is 1.05. The first-order chi connectivity index (χ1) is 8.13. The quantitative estimate of drug-likeness (QED) is 0.633. The maximum atomic E-state index is 11.6. The molecule has 3 rings (SSSR count). The molecule has 0 spiro atoms. The number of halogens is 1. The summed E-state index contributed by atoms with van der Waals surface area (Å²) in [6.07, 6.45) is 0. The number of hydrogen-bond acceptors (Lipinski definition) is 4. The lowest BCUT2D eigenvalue weighted by Gasteiger charge is -2.04. The molecule has 0 saturated carbocycles.